The molecule has 0 aliphatic heterocycles. The van der Waals surface area contributed by atoms with Crippen molar-refractivity contribution >= 4 is 37.3 Å². The summed E-state index contributed by atoms with van der Waals surface area (Å²) in [6.45, 7) is 4.16. The van der Waals surface area contributed by atoms with Gasteiger partial charge in [0.1, 0.15) is 11.3 Å². The lowest BCUT2D eigenvalue weighted by molar-refractivity contribution is 0.0997. The summed E-state index contributed by atoms with van der Waals surface area (Å²) in [5, 5.41) is 0. The molecular weight excluding hydrogens is 384 g/mol. The Labute approximate surface area is 161 Å². The van der Waals surface area contributed by atoms with Crippen LogP contribution in [0.15, 0.2) is 52.4 Å². The van der Waals surface area contributed by atoms with Gasteiger partial charge in [-0.05, 0) is 37.3 Å². The number of carbonyl (C=O) groups is 1. The number of amides is 1. The zero-order valence-corrected chi connectivity index (χ0v) is 16.9. The Kier molecular flexibility index (Phi) is 5.48. The normalized spacial score (nSPS) is 12.5. The van der Waals surface area contributed by atoms with Crippen LogP contribution in [0, 0.1) is 0 Å². The molecule has 1 aromatic heterocycles. The highest BCUT2D eigenvalue weighted by molar-refractivity contribution is 7.91. The van der Waals surface area contributed by atoms with Crippen molar-refractivity contribution in [2.24, 2.45) is 4.99 Å². The Balaban J connectivity index is 2.13. The number of thiazole rings is 1. The highest BCUT2D eigenvalue weighted by atomic mass is 32.2. The molecule has 142 valence electrons. The number of para-hydroxylation sites is 1. The average Bonchev–Trinajstić information content (AvgIpc) is 3.05. The van der Waals surface area contributed by atoms with Crippen LogP contribution in [0.2, 0.25) is 0 Å². The summed E-state index contributed by atoms with van der Waals surface area (Å²) in [6.07, 6.45) is 0. The maximum absolute atomic E-state index is 12.7. The molecule has 0 radical (unpaired) electrons. The molecule has 3 aromatic rings. The molecule has 6 nitrogen and oxygen atoms in total. The Bertz CT molecular complexity index is 1170. The van der Waals surface area contributed by atoms with Crippen molar-refractivity contribution in [3.05, 3.63) is 52.8 Å². The van der Waals surface area contributed by atoms with Crippen molar-refractivity contribution in [1.82, 2.24) is 4.57 Å². The van der Waals surface area contributed by atoms with Gasteiger partial charge in [-0.1, -0.05) is 30.4 Å². The van der Waals surface area contributed by atoms with Gasteiger partial charge in [-0.3, -0.25) is 4.79 Å². The number of hydrogen-bond acceptors (Lipinski definition) is 5. The number of sulfone groups is 1. The van der Waals surface area contributed by atoms with Crippen LogP contribution in [0.4, 0.5) is 0 Å². The minimum Gasteiger partial charge on any atom is -0.495 e. The standard InChI is InChI=1S/C19H20N2O4S2/c1-4-21-17-15(25-3)10-7-11-16(17)26-19(21)20-18(22)13-8-6-9-14(12-13)27(23,24)5-2/h6-12H,4-5H2,1-3H3. The predicted molar refractivity (Wildman–Crippen MR) is 106 cm³/mol. The number of hydrogen-bond donors (Lipinski definition) is 0. The summed E-state index contributed by atoms with van der Waals surface area (Å²) in [7, 11) is -1.78. The van der Waals surface area contributed by atoms with Crippen LogP contribution < -0.4 is 9.54 Å². The summed E-state index contributed by atoms with van der Waals surface area (Å²) >= 11 is 1.39. The molecule has 1 amide bonds. The van der Waals surface area contributed by atoms with Crippen LogP contribution in [-0.4, -0.2) is 31.8 Å². The minimum atomic E-state index is -3.38. The van der Waals surface area contributed by atoms with Crippen LogP contribution in [0.1, 0.15) is 24.2 Å². The molecule has 8 heteroatoms. The number of nitrogens with zero attached hydrogens (tertiary/aromatic N) is 2. The molecule has 0 saturated heterocycles. The number of aryl methyl sites for hydroxylation is 1. The molecule has 2 aromatic carbocycles. The summed E-state index contributed by atoms with van der Waals surface area (Å²) in [5.41, 5.74) is 1.14. The van der Waals surface area contributed by atoms with Gasteiger partial charge < -0.3 is 9.30 Å². The number of rotatable bonds is 5. The Hall–Kier alpha value is -2.45. The molecule has 0 N–H and O–H groups in total. The van der Waals surface area contributed by atoms with E-state index in [0.717, 1.165) is 16.0 Å². The Morgan fingerprint density at radius 1 is 1.19 bits per heavy atom. The van der Waals surface area contributed by atoms with Gasteiger partial charge in [0.05, 0.1) is 22.5 Å². The second-order valence-electron chi connectivity index (χ2n) is 5.78. The van der Waals surface area contributed by atoms with E-state index in [1.54, 1.807) is 26.2 Å². The maximum Gasteiger partial charge on any atom is 0.279 e. The van der Waals surface area contributed by atoms with Crippen molar-refractivity contribution in [2.45, 2.75) is 25.3 Å². The van der Waals surface area contributed by atoms with Crippen molar-refractivity contribution in [2.75, 3.05) is 12.9 Å². The van der Waals surface area contributed by atoms with E-state index < -0.39 is 15.7 Å². The first-order chi connectivity index (χ1) is 12.9. The molecule has 0 unspecified atom stereocenters. The average molecular weight is 405 g/mol. The van der Waals surface area contributed by atoms with Crippen molar-refractivity contribution in [3.63, 3.8) is 0 Å². The molecular formula is C19H20N2O4S2. The van der Waals surface area contributed by atoms with E-state index >= 15 is 0 Å². The summed E-state index contributed by atoms with van der Waals surface area (Å²) < 4.78 is 32.4. The maximum atomic E-state index is 12.7. The predicted octanol–water partition coefficient (Wildman–Crippen LogP) is 3.27. The molecule has 0 spiro atoms. The van der Waals surface area contributed by atoms with E-state index in [2.05, 4.69) is 4.99 Å². The van der Waals surface area contributed by atoms with Gasteiger partial charge in [-0.25, -0.2) is 8.42 Å². The number of benzene rings is 2. The highest BCUT2D eigenvalue weighted by Crippen LogP contribution is 2.27. The van der Waals surface area contributed by atoms with Gasteiger partial charge in [0.15, 0.2) is 14.6 Å². The largest absolute Gasteiger partial charge is 0.495 e. The molecule has 0 bridgehead atoms. The number of carbonyl (C=O) groups excluding carboxylic acids is 1. The molecule has 3 rings (SSSR count). The van der Waals surface area contributed by atoms with Crippen LogP contribution >= 0.6 is 11.3 Å². The fourth-order valence-corrected chi connectivity index (χ4v) is 4.82. The first-order valence-corrected chi connectivity index (χ1v) is 11.0. The lowest BCUT2D eigenvalue weighted by Crippen LogP contribution is -2.16. The monoisotopic (exact) mass is 404 g/mol. The van der Waals surface area contributed by atoms with Crippen molar-refractivity contribution < 1.29 is 17.9 Å². The van der Waals surface area contributed by atoms with Crippen LogP contribution in [0.5, 0.6) is 5.75 Å². The molecule has 0 saturated carbocycles. The van der Waals surface area contributed by atoms with E-state index in [1.807, 2.05) is 29.7 Å². The van der Waals surface area contributed by atoms with Gasteiger partial charge in [0.25, 0.3) is 5.91 Å². The van der Waals surface area contributed by atoms with Gasteiger partial charge in [-0.2, -0.15) is 4.99 Å². The number of methoxy groups -OCH3 is 1. The first-order valence-electron chi connectivity index (χ1n) is 8.49. The van der Waals surface area contributed by atoms with E-state index in [-0.39, 0.29) is 16.2 Å². The zero-order valence-electron chi connectivity index (χ0n) is 15.3. The number of fused-ring (bicyclic) bond motifs is 1. The van der Waals surface area contributed by atoms with Gasteiger partial charge >= 0.3 is 0 Å². The van der Waals surface area contributed by atoms with Crippen LogP contribution in [0.25, 0.3) is 10.2 Å². The van der Waals surface area contributed by atoms with E-state index in [0.29, 0.717) is 11.3 Å². The van der Waals surface area contributed by atoms with Crippen LogP contribution in [0.3, 0.4) is 0 Å². The second kappa shape index (κ2) is 7.66. The first kappa shape index (κ1) is 19.3. The zero-order chi connectivity index (χ0) is 19.6. The highest BCUT2D eigenvalue weighted by Gasteiger charge is 2.15. The fraction of sp³-hybridized carbons (Fsp3) is 0.263. The second-order valence-corrected chi connectivity index (χ2v) is 9.07. The van der Waals surface area contributed by atoms with E-state index in [1.165, 1.54) is 23.5 Å². The lowest BCUT2D eigenvalue weighted by atomic mass is 10.2. The lowest BCUT2D eigenvalue weighted by Gasteiger charge is -2.05. The number of aromatic nitrogens is 1. The van der Waals surface area contributed by atoms with E-state index in [9.17, 15) is 13.2 Å². The summed E-state index contributed by atoms with van der Waals surface area (Å²) in [5.74, 6) is 0.222. The van der Waals surface area contributed by atoms with Crippen LogP contribution in [-0.2, 0) is 16.4 Å². The number of ether oxygens (including phenoxy) is 1. The molecule has 1 heterocycles. The Morgan fingerprint density at radius 3 is 2.59 bits per heavy atom. The molecule has 0 aliphatic rings. The van der Waals surface area contributed by atoms with E-state index in [4.69, 9.17) is 4.74 Å². The topological polar surface area (TPSA) is 77.7 Å². The van der Waals surface area contributed by atoms with Crippen molar-refractivity contribution in [3.8, 4) is 5.75 Å². The quantitative estimate of drug-likeness (QED) is 0.654. The van der Waals surface area contributed by atoms with Gasteiger partial charge in [0.2, 0.25) is 0 Å². The SMILES string of the molecule is CCn1c(=NC(=O)c2cccc(S(=O)(=O)CC)c2)sc2cccc(OC)c21. The fourth-order valence-electron chi connectivity index (χ4n) is 2.78. The molecule has 27 heavy (non-hydrogen) atoms. The molecule has 0 fully saturated rings. The van der Waals surface area contributed by atoms with Gasteiger partial charge in [-0.15, -0.1) is 0 Å². The molecule has 0 atom stereocenters. The molecule has 0 aliphatic carbocycles. The third-order valence-electron chi connectivity index (χ3n) is 4.22. The van der Waals surface area contributed by atoms with Gasteiger partial charge in [0, 0.05) is 12.1 Å². The third kappa shape index (κ3) is 3.68. The third-order valence-corrected chi connectivity index (χ3v) is 6.99. The Morgan fingerprint density at radius 2 is 1.93 bits per heavy atom. The van der Waals surface area contributed by atoms with Crippen molar-refractivity contribution in [1.29, 1.82) is 0 Å². The smallest absolute Gasteiger partial charge is 0.279 e. The minimum absolute atomic E-state index is 0.0201. The summed E-state index contributed by atoms with van der Waals surface area (Å²) in [4.78, 5) is 17.6. The summed E-state index contributed by atoms with van der Waals surface area (Å²) in [6, 6.07) is 11.7.